The summed E-state index contributed by atoms with van der Waals surface area (Å²) in [5.74, 6) is -1.27. The Morgan fingerprint density at radius 1 is 1.11 bits per heavy atom. The zero-order valence-electron chi connectivity index (χ0n) is 19.3. The highest BCUT2D eigenvalue weighted by Crippen LogP contribution is 2.35. The van der Waals surface area contributed by atoms with E-state index in [9.17, 15) is 22.8 Å². The van der Waals surface area contributed by atoms with E-state index in [2.05, 4.69) is 15.2 Å². The molecular weight excluding hydrogens is 511 g/mol. The number of benzene rings is 1. The van der Waals surface area contributed by atoms with Crippen LogP contribution in [0.1, 0.15) is 21.6 Å². The maximum atomic E-state index is 13.8. The molecule has 5 aromatic rings. The lowest BCUT2D eigenvalue weighted by Gasteiger charge is -2.15. The summed E-state index contributed by atoms with van der Waals surface area (Å²) in [4.78, 5) is 29.3. The summed E-state index contributed by atoms with van der Waals surface area (Å²) in [5.41, 5.74) is 4.87. The normalized spacial score (nSPS) is 11.8. The number of hydrogen-bond acceptors (Lipinski definition) is 5. The fourth-order valence-electron chi connectivity index (χ4n) is 4.25. The van der Waals surface area contributed by atoms with Crippen molar-refractivity contribution in [2.75, 3.05) is 0 Å². The molecule has 0 atom stereocenters. The molecule has 4 heterocycles. The number of aromatic nitrogens is 6. The van der Waals surface area contributed by atoms with E-state index in [1.54, 1.807) is 17.8 Å². The van der Waals surface area contributed by atoms with Crippen LogP contribution in [0, 0.1) is 6.92 Å². The van der Waals surface area contributed by atoms with Gasteiger partial charge in [-0.3, -0.25) is 18.8 Å². The zero-order chi connectivity index (χ0) is 26.6. The first-order chi connectivity index (χ1) is 17.5. The molecule has 0 aliphatic carbocycles. The highest BCUT2D eigenvalue weighted by Gasteiger charge is 2.40. The summed E-state index contributed by atoms with van der Waals surface area (Å²) in [7, 11) is 1.78. The van der Waals surface area contributed by atoms with E-state index in [0.29, 0.717) is 15.9 Å². The molecule has 0 fully saturated rings. The molecule has 0 saturated heterocycles. The number of rotatable bonds is 4. The fourth-order valence-corrected chi connectivity index (χ4v) is 4.44. The first-order valence-electron chi connectivity index (χ1n) is 10.7. The van der Waals surface area contributed by atoms with E-state index in [4.69, 9.17) is 17.3 Å². The molecule has 0 unspecified atom stereocenters. The number of nitrogens with zero attached hydrogens (tertiary/aromatic N) is 6. The molecule has 37 heavy (non-hydrogen) atoms. The van der Waals surface area contributed by atoms with Crippen molar-refractivity contribution in [2.45, 2.75) is 13.1 Å². The molecule has 0 bridgehead atoms. The predicted molar refractivity (Wildman–Crippen MR) is 130 cm³/mol. The summed E-state index contributed by atoms with van der Waals surface area (Å²) in [6, 6.07) is 7.38. The summed E-state index contributed by atoms with van der Waals surface area (Å²) in [6.45, 7) is 1.88. The maximum Gasteiger partial charge on any atom is 0.434 e. The average molecular weight is 528 g/mol. The number of alkyl halides is 3. The summed E-state index contributed by atoms with van der Waals surface area (Å²) in [6.07, 6.45) is 0.584. The number of hydrogen-bond donors (Lipinski definition) is 1. The smallest absolute Gasteiger partial charge is 0.365 e. The third-order valence-electron chi connectivity index (χ3n) is 5.82. The molecular formula is C24H17ClF3N7O2. The van der Waals surface area contributed by atoms with Crippen LogP contribution in [-0.4, -0.2) is 35.0 Å². The van der Waals surface area contributed by atoms with Crippen molar-refractivity contribution in [3.05, 3.63) is 87.4 Å². The van der Waals surface area contributed by atoms with Gasteiger partial charge >= 0.3 is 6.18 Å². The van der Waals surface area contributed by atoms with Gasteiger partial charge in [0.15, 0.2) is 10.8 Å². The van der Waals surface area contributed by atoms with E-state index in [1.807, 2.05) is 13.1 Å². The Labute approximate surface area is 211 Å². The van der Waals surface area contributed by atoms with E-state index in [1.165, 1.54) is 41.2 Å². The van der Waals surface area contributed by atoms with Gasteiger partial charge in [-0.15, -0.1) is 0 Å². The van der Waals surface area contributed by atoms with Crippen LogP contribution in [0.5, 0.6) is 0 Å². The number of halogens is 4. The van der Waals surface area contributed by atoms with Crippen molar-refractivity contribution < 1.29 is 18.0 Å². The van der Waals surface area contributed by atoms with Crippen LogP contribution >= 0.6 is 11.6 Å². The van der Waals surface area contributed by atoms with Gasteiger partial charge in [-0.1, -0.05) is 17.7 Å². The minimum Gasteiger partial charge on any atom is -0.365 e. The Morgan fingerprint density at radius 3 is 2.51 bits per heavy atom. The topological polar surface area (TPSA) is 114 Å². The molecule has 5 rings (SSSR count). The highest BCUT2D eigenvalue weighted by molar-refractivity contribution is 6.31. The standard InChI is InChI=1S/C24H17ClF3N7O2/c1-12-11-33(2)32-19(12)13-8-18(21(25)30-9-13)34-7-6-14-15(23(34)37)4-3-5-17(14)35-20(24(26,27)28)16(10-31-35)22(29)36/h3-11H,1-2H3,(H2,29,36). The van der Waals surface area contributed by atoms with Crippen LogP contribution in [-0.2, 0) is 13.2 Å². The van der Waals surface area contributed by atoms with E-state index in [-0.39, 0.29) is 27.3 Å². The molecule has 4 aromatic heterocycles. The first-order valence-corrected chi connectivity index (χ1v) is 11.1. The van der Waals surface area contributed by atoms with Gasteiger partial charge in [-0.25, -0.2) is 9.67 Å². The van der Waals surface area contributed by atoms with Gasteiger partial charge in [0.1, 0.15) is 0 Å². The third kappa shape index (κ3) is 4.04. The molecule has 0 aliphatic heterocycles. The van der Waals surface area contributed by atoms with Gasteiger partial charge in [0.25, 0.3) is 11.5 Å². The lowest BCUT2D eigenvalue weighted by molar-refractivity contribution is -0.143. The number of primary amides is 1. The Balaban J connectivity index is 1.71. The number of pyridine rings is 2. The van der Waals surface area contributed by atoms with Gasteiger partial charge < -0.3 is 5.73 Å². The van der Waals surface area contributed by atoms with Gasteiger partial charge in [0, 0.05) is 42.0 Å². The molecule has 1 amide bonds. The largest absolute Gasteiger partial charge is 0.434 e. The summed E-state index contributed by atoms with van der Waals surface area (Å²) < 4.78 is 45.0. The molecule has 0 saturated carbocycles. The SMILES string of the molecule is Cc1cn(C)nc1-c1cnc(Cl)c(-n2ccc3c(-n4ncc(C(N)=O)c4C(F)(F)F)cccc3c2=O)c1. The van der Waals surface area contributed by atoms with Gasteiger partial charge in [0.05, 0.1) is 28.8 Å². The lowest BCUT2D eigenvalue weighted by Crippen LogP contribution is -2.22. The molecule has 188 valence electrons. The number of fused-ring (bicyclic) bond motifs is 1. The number of aryl methyl sites for hydroxylation is 2. The third-order valence-corrected chi connectivity index (χ3v) is 6.11. The Bertz CT molecular complexity index is 1770. The number of carbonyl (C=O) groups is 1. The monoisotopic (exact) mass is 527 g/mol. The second-order valence-electron chi connectivity index (χ2n) is 8.28. The molecule has 2 N–H and O–H groups in total. The maximum absolute atomic E-state index is 13.8. The van der Waals surface area contributed by atoms with E-state index >= 15 is 0 Å². The average Bonchev–Trinajstić information content (AvgIpc) is 3.43. The van der Waals surface area contributed by atoms with Crippen molar-refractivity contribution in [2.24, 2.45) is 12.8 Å². The number of nitrogens with two attached hydrogens (primary N) is 1. The van der Waals surface area contributed by atoms with Gasteiger partial charge in [0.2, 0.25) is 0 Å². The number of carbonyl (C=O) groups excluding carboxylic acids is 1. The minimum absolute atomic E-state index is 0.0486. The van der Waals surface area contributed by atoms with Crippen LogP contribution in [0.25, 0.3) is 33.4 Å². The summed E-state index contributed by atoms with van der Waals surface area (Å²) in [5, 5.41) is 8.49. The first kappa shape index (κ1) is 24.3. The van der Waals surface area contributed by atoms with Crippen molar-refractivity contribution in [1.29, 1.82) is 0 Å². The molecule has 0 radical (unpaired) electrons. The Morgan fingerprint density at radius 2 is 1.86 bits per heavy atom. The zero-order valence-corrected chi connectivity index (χ0v) is 20.0. The summed E-state index contributed by atoms with van der Waals surface area (Å²) >= 11 is 6.34. The Kier molecular flexibility index (Phi) is 5.63. The van der Waals surface area contributed by atoms with Gasteiger partial charge in [-0.2, -0.15) is 23.4 Å². The molecule has 9 nitrogen and oxygen atoms in total. The fraction of sp³-hybridized carbons (Fsp3) is 0.125. The second kappa shape index (κ2) is 8.59. The van der Waals surface area contributed by atoms with Crippen LogP contribution in [0.15, 0.2) is 59.9 Å². The molecule has 1 aromatic carbocycles. The molecule has 13 heteroatoms. The van der Waals surface area contributed by atoms with E-state index < -0.39 is 28.9 Å². The van der Waals surface area contributed by atoms with Crippen molar-refractivity contribution in [3.8, 4) is 22.6 Å². The highest BCUT2D eigenvalue weighted by atomic mass is 35.5. The molecule has 0 aliphatic rings. The quantitative estimate of drug-likeness (QED) is 0.354. The Hall–Kier alpha value is -4.45. The molecule has 0 spiro atoms. The van der Waals surface area contributed by atoms with Gasteiger partial charge in [-0.05, 0) is 36.8 Å². The lowest BCUT2D eigenvalue weighted by atomic mass is 10.1. The van der Waals surface area contributed by atoms with Crippen LogP contribution in [0.3, 0.4) is 0 Å². The van der Waals surface area contributed by atoms with Crippen LogP contribution < -0.4 is 11.3 Å². The number of amides is 1. The second-order valence-corrected chi connectivity index (χ2v) is 8.64. The minimum atomic E-state index is -4.93. The van der Waals surface area contributed by atoms with Crippen molar-refractivity contribution in [3.63, 3.8) is 0 Å². The predicted octanol–water partition coefficient (Wildman–Crippen LogP) is 4.05. The van der Waals surface area contributed by atoms with E-state index in [0.717, 1.165) is 11.8 Å². The van der Waals surface area contributed by atoms with Crippen molar-refractivity contribution in [1.82, 2.24) is 29.1 Å². The van der Waals surface area contributed by atoms with Crippen molar-refractivity contribution >= 4 is 28.3 Å². The van der Waals surface area contributed by atoms with Crippen LogP contribution in [0.2, 0.25) is 5.15 Å². The van der Waals surface area contributed by atoms with Crippen LogP contribution in [0.4, 0.5) is 13.2 Å².